The zero-order chi connectivity index (χ0) is 10.6. The first-order valence-electron chi connectivity index (χ1n) is 3.38. The Balaban J connectivity index is -0.000000112. The minimum atomic E-state index is -0.481. The van der Waals surface area contributed by atoms with Crippen LogP contribution in [0.1, 0.15) is 13.8 Å². The Bertz CT molecular complexity index is 135. The molecule has 0 spiro atoms. The summed E-state index contributed by atoms with van der Waals surface area (Å²) in [4.78, 5) is 18.9. The quantitative estimate of drug-likeness (QED) is 0.588. The molecule has 0 bridgehead atoms. The van der Waals surface area contributed by atoms with Crippen molar-refractivity contribution in [3.8, 4) is 0 Å². The molecule has 0 unspecified atom stereocenters. The fraction of sp³-hybridized carbons (Fsp3) is 0.250. The van der Waals surface area contributed by atoms with Crippen LogP contribution in [0.15, 0.2) is 25.3 Å². The average Bonchev–Trinajstić information content (AvgIpc) is 2.09. The van der Waals surface area contributed by atoms with E-state index in [0.29, 0.717) is 0 Å². The van der Waals surface area contributed by atoms with Crippen molar-refractivity contribution < 1.29 is 9.59 Å². The maximum atomic E-state index is 9.47. The van der Waals surface area contributed by atoms with E-state index in [-0.39, 0.29) is 0 Å². The van der Waals surface area contributed by atoms with Crippen molar-refractivity contribution >= 4 is 11.8 Å². The fourth-order valence-electron chi connectivity index (χ4n) is 0. The fourth-order valence-corrected chi connectivity index (χ4v) is 0. The molecule has 0 aliphatic carbocycles. The smallest absolute Gasteiger partial charge is 0.240 e. The summed E-state index contributed by atoms with van der Waals surface area (Å²) in [5.41, 5.74) is 9.07. The number of hydrogen-bond donors (Lipinski definition) is 2. The Morgan fingerprint density at radius 3 is 1.08 bits per heavy atom. The minimum Gasteiger partial charge on any atom is -0.366 e. The lowest BCUT2D eigenvalue weighted by Gasteiger charge is -1.65. The third-order valence-corrected chi connectivity index (χ3v) is 0.402. The van der Waals surface area contributed by atoms with Gasteiger partial charge in [-0.15, -0.1) is 0 Å². The summed E-state index contributed by atoms with van der Waals surface area (Å²) in [6, 6.07) is 0. The van der Waals surface area contributed by atoms with E-state index < -0.39 is 11.8 Å². The minimum absolute atomic E-state index is 0.481. The molecule has 2 amide bonds. The van der Waals surface area contributed by atoms with E-state index in [1.165, 1.54) is 0 Å². The van der Waals surface area contributed by atoms with Crippen LogP contribution in [0.2, 0.25) is 0 Å². The lowest BCUT2D eigenvalue weighted by Crippen LogP contribution is -2.04. The molecule has 0 atom stereocenters. The van der Waals surface area contributed by atoms with Crippen LogP contribution in [-0.4, -0.2) is 11.8 Å². The van der Waals surface area contributed by atoms with Crippen molar-refractivity contribution in [2.45, 2.75) is 13.8 Å². The first kappa shape index (κ1) is 16.8. The van der Waals surface area contributed by atoms with Crippen LogP contribution in [0, 0.1) is 0 Å². The zero-order valence-corrected chi connectivity index (χ0v) is 7.54. The monoisotopic (exact) mass is 172 g/mol. The highest BCUT2D eigenvalue weighted by atomic mass is 16.1. The number of hydrogen-bond acceptors (Lipinski definition) is 2. The SMILES string of the molecule is C=CC(N)=O.C=CC(N)=O.CC. The van der Waals surface area contributed by atoms with Crippen LogP contribution in [0.25, 0.3) is 0 Å². The summed E-state index contributed by atoms with van der Waals surface area (Å²) in [6.45, 7) is 10.2. The molecule has 0 radical (unpaired) electrons. The van der Waals surface area contributed by atoms with E-state index in [2.05, 4.69) is 24.6 Å². The van der Waals surface area contributed by atoms with Gasteiger partial charge in [-0.1, -0.05) is 27.0 Å². The molecular weight excluding hydrogens is 156 g/mol. The van der Waals surface area contributed by atoms with E-state index in [0.717, 1.165) is 12.2 Å². The predicted molar refractivity (Wildman–Crippen MR) is 50.1 cm³/mol. The Hall–Kier alpha value is -1.58. The normalized spacial score (nSPS) is 5.83. The van der Waals surface area contributed by atoms with E-state index in [1.807, 2.05) is 13.8 Å². The molecule has 0 saturated carbocycles. The molecule has 0 saturated heterocycles. The highest BCUT2D eigenvalue weighted by Gasteiger charge is 1.69. The molecule has 4 nitrogen and oxygen atoms in total. The van der Waals surface area contributed by atoms with Crippen LogP contribution >= 0.6 is 0 Å². The number of carbonyl (C=O) groups is 2. The van der Waals surface area contributed by atoms with Crippen LogP contribution in [0.5, 0.6) is 0 Å². The molecule has 0 aromatic carbocycles. The van der Waals surface area contributed by atoms with Crippen molar-refractivity contribution in [1.29, 1.82) is 0 Å². The first-order chi connectivity index (χ1) is 5.54. The maximum Gasteiger partial charge on any atom is 0.240 e. The number of rotatable bonds is 2. The standard InChI is InChI=1S/2C3H5NO.C2H6/c2*1-2-3(4)5;1-2/h2*2H,1H2,(H2,4,5);1-2H3. The van der Waals surface area contributed by atoms with E-state index >= 15 is 0 Å². The maximum absolute atomic E-state index is 9.47. The molecule has 0 aliphatic rings. The van der Waals surface area contributed by atoms with Gasteiger partial charge in [0, 0.05) is 0 Å². The van der Waals surface area contributed by atoms with Gasteiger partial charge in [-0.05, 0) is 12.2 Å². The molecule has 0 heterocycles. The van der Waals surface area contributed by atoms with Crippen molar-refractivity contribution in [1.82, 2.24) is 0 Å². The first-order valence-corrected chi connectivity index (χ1v) is 3.38. The number of amides is 2. The van der Waals surface area contributed by atoms with Gasteiger partial charge in [0.25, 0.3) is 0 Å². The average molecular weight is 172 g/mol. The van der Waals surface area contributed by atoms with Crippen molar-refractivity contribution in [3.63, 3.8) is 0 Å². The van der Waals surface area contributed by atoms with Crippen LogP contribution < -0.4 is 11.5 Å². The molecule has 0 fully saturated rings. The van der Waals surface area contributed by atoms with E-state index in [1.54, 1.807) is 0 Å². The number of primary amides is 2. The predicted octanol–water partition coefficient (Wildman–Crippen LogP) is 0.342. The van der Waals surface area contributed by atoms with Gasteiger partial charge in [-0.25, -0.2) is 0 Å². The topological polar surface area (TPSA) is 86.2 Å². The zero-order valence-electron chi connectivity index (χ0n) is 7.54. The third-order valence-electron chi connectivity index (χ3n) is 0.402. The summed E-state index contributed by atoms with van der Waals surface area (Å²) in [5, 5.41) is 0. The molecule has 0 rings (SSSR count). The molecule has 0 aliphatic heterocycles. The van der Waals surface area contributed by atoms with Crippen LogP contribution in [0.4, 0.5) is 0 Å². The van der Waals surface area contributed by atoms with Crippen LogP contribution in [-0.2, 0) is 9.59 Å². The van der Waals surface area contributed by atoms with Gasteiger partial charge in [-0.2, -0.15) is 0 Å². The van der Waals surface area contributed by atoms with Crippen molar-refractivity contribution in [2.24, 2.45) is 11.5 Å². The van der Waals surface area contributed by atoms with Gasteiger partial charge in [-0.3, -0.25) is 9.59 Å². The summed E-state index contributed by atoms with van der Waals surface area (Å²) in [5.74, 6) is -0.963. The lowest BCUT2D eigenvalue weighted by molar-refractivity contribution is -0.114. The van der Waals surface area contributed by atoms with E-state index in [4.69, 9.17) is 0 Å². The van der Waals surface area contributed by atoms with Gasteiger partial charge in [0.1, 0.15) is 0 Å². The van der Waals surface area contributed by atoms with Crippen molar-refractivity contribution in [3.05, 3.63) is 25.3 Å². The lowest BCUT2D eigenvalue weighted by atomic mass is 10.6. The Morgan fingerprint density at radius 2 is 1.08 bits per heavy atom. The molecular formula is C8H16N2O2. The molecule has 4 heteroatoms. The Labute approximate surface area is 72.9 Å². The number of nitrogens with two attached hydrogens (primary N) is 2. The second kappa shape index (κ2) is 16.2. The molecule has 12 heavy (non-hydrogen) atoms. The largest absolute Gasteiger partial charge is 0.366 e. The Morgan fingerprint density at radius 1 is 1.00 bits per heavy atom. The summed E-state index contributed by atoms with van der Waals surface area (Å²) >= 11 is 0. The molecule has 4 N–H and O–H groups in total. The summed E-state index contributed by atoms with van der Waals surface area (Å²) in [6.07, 6.45) is 2.11. The molecule has 0 aromatic rings. The highest BCUT2D eigenvalue weighted by molar-refractivity contribution is 5.85. The highest BCUT2D eigenvalue weighted by Crippen LogP contribution is 1.49. The second-order valence-electron chi connectivity index (χ2n) is 1.21. The molecule has 70 valence electrons. The van der Waals surface area contributed by atoms with E-state index in [9.17, 15) is 9.59 Å². The second-order valence-corrected chi connectivity index (χ2v) is 1.21. The van der Waals surface area contributed by atoms with Gasteiger partial charge in [0.2, 0.25) is 11.8 Å². The van der Waals surface area contributed by atoms with Crippen LogP contribution in [0.3, 0.4) is 0 Å². The van der Waals surface area contributed by atoms with Crippen molar-refractivity contribution in [2.75, 3.05) is 0 Å². The molecule has 0 aromatic heterocycles. The summed E-state index contributed by atoms with van der Waals surface area (Å²) in [7, 11) is 0. The Kier molecular flexibility index (Phi) is 22.7. The van der Waals surface area contributed by atoms with Gasteiger partial charge in [0.15, 0.2) is 0 Å². The van der Waals surface area contributed by atoms with Gasteiger partial charge in [0.05, 0.1) is 0 Å². The third kappa shape index (κ3) is 79.2. The van der Waals surface area contributed by atoms with Gasteiger partial charge < -0.3 is 11.5 Å². The summed E-state index contributed by atoms with van der Waals surface area (Å²) < 4.78 is 0. The number of carbonyl (C=O) groups excluding carboxylic acids is 2. The van der Waals surface area contributed by atoms with Gasteiger partial charge >= 0.3 is 0 Å².